The van der Waals surface area contributed by atoms with Gasteiger partial charge in [0.2, 0.25) is 0 Å². The number of aryl methyl sites for hydroxylation is 1. The lowest BCUT2D eigenvalue weighted by molar-refractivity contribution is 0.354. The van der Waals surface area contributed by atoms with E-state index in [1.807, 2.05) is 18.2 Å². The Balaban J connectivity index is 0. The molecule has 0 amide bonds. The largest absolute Gasteiger partial charge is 0.493 e. The molecular formula is C11H20ClNO2. The number of rotatable bonds is 3. The maximum Gasteiger partial charge on any atom is 0.160 e. The third-order valence-electron chi connectivity index (χ3n) is 1.86. The molecular weight excluding hydrogens is 214 g/mol. The van der Waals surface area contributed by atoms with Crippen LogP contribution in [0.2, 0.25) is 0 Å². The van der Waals surface area contributed by atoms with E-state index in [-0.39, 0.29) is 12.4 Å². The van der Waals surface area contributed by atoms with Crippen LogP contribution in [-0.4, -0.2) is 21.3 Å². The Morgan fingerprint density at radius 2 is 1.60 bits per heavy atom. The molecule has 3 nitrogen and oxygen atoms in total. The molecule has 0 atom stereocenters. The Labute approximate surface area is 98.0 Å². The number of hydrogen-bond acceptors (Lipinski definition) is 3. The summed E-state index contributed by atoms with van der Waals surface area (Å²) in [5, 5.41) is 0. The van der Waals surface area contributed by atoms with E-state index in [0.717, 1.165) is 17.9 Å². The Bertz CT molecular complexity index is 267. The van der Waals surface area contributed by atoms with Gasteiger partial charge in [0.05, 0.1) is 14.2 Å². The zero-order valence-electron chi connectivity index (χ0n) is 9.74. The molecule has 0 fully saturated rings. The molecule has 0 aliphatic rings. The molecule has 1 aromatic carbocycles. The molecule has 1 rings (SSSR count). The number of benzene rings is 1. The van der Waals surface area contributed by atoms with E-state index < -0.39 is 0 Å². The van der Waals surface area contributed by atoms with Crippen molar-refractivity contribution in [3.05, 3.63) is 23.8 Å². The van der Waals surface area contributed by atoms with Crippen molar-refractivity contribution in [3.8, 4) is 11.5 Å². The second-order valence-electron chi connectivity index (χ2n) is 2.54. The number of nitrogens with two attached hydrogens (primary N) is 1. The summed E-state index contributed by atoms with van der Waals surface area (Å²) in [5.41, 5.74) is 5.76. The van der Waals surface area contributed by atoms with Gasteiger partial charge in [-0.15, -0.1) is 12.4 Å². The molecule has 0 aliphatic heterocycles. The standard InChI is InChI=1S/C10H14O2.CH5N.ClH/c1-4-8-5-6-9(11-2)10(7-8)12-3;1-2;/h5-7H,4H2,1-3H3;2H2,1H3;1H. The van der Waals surface area contributed by atoms with Gasteiger partial charge >= 0.3 is 0 Å². The van der Waals surface area contributed by atoms with Gasteiger partial charge in [-0.2, -0.15) is 0 Å². The predicted octanol–water partition coefficient (Wildman–Crippen LogP) is 2.26. The normalized spacial score (nSPS) is 8.07. The van der Waals surface area contributed by atoms with E-state index in [4.69, 9.17) is 9.47 Å². The van der Waals surface area contributed by atoms with Crippen LogP contribution in [0, 0.1) is 0 Å². The Morgan fingerprint density at radius 3 is 2.00 bits per heavy atom. The van der Waals surface area contributed by atoms with Gasteiger partial charge < -0.3 is 15.2 Å². The molecule has 1 aromatic rings. The lowest BCUT2D eigenvalue weighted by Gasteiger charge is -2.07. The highest BCUT2D eigenvalue weighted by Crippen LogP contribution is 2.27. The van der Waals surface area contributed by atoms with Gasteiger partial charge in [0.15, 0.2) is 11.5 Å². The first kappa shape index (κ1) is 16.5. The second kappa shape index (κ2) is 9.62. The van der Waals surface area contributed by atoms with Crippen molar-refractivity contribution in [2.24, 2.45) is 5.73 Å². The Hall–Kier alpha value is -0.930. The molecule has 0 saturated heterocycles. The summed E-state index contributed by atoms with van der Waals surface area (Å²) in [7, 11) is 4.79. The Kier molecular flexibility index (Phi) is 10.6. The molecule has 0 bridgehead atoms. The molecule has 0 saturated carbocycles. The molecule has 88 valence electrons. The first-order chi connectivity index (χ1) is 6.81. The summed E-state index contributed by atoms with van der Waals surface area (Å²) in [6.07, 6.45) is 1.01. The molecule has 0 unspecified atom stereocenters. The summed E-state index contributed by atoms with van der Waals surface area (Å²) in [6, 6.07) is 5.97. The molecule has 4 heteroatoms. The first-order valence-corrected chi connectivity index (χ1v) is 4.60. The molecule has 0 radical (unpaired) electrons. The summed E-state index contributed by atoms with van der Waals surface area (Å²) in [5.74, 6) is 1.59. The second-order valence-corrected chi connectivity index (χ2v) is 2.54. The van der Waals surface area contributed by atoms with E-state index in [1.54, 1.807) is 14.2 Å². The van der Waals surface area contributed by atoms with Crippen LogP contribution in [0.25, 0.3) is 0 Å². The molecule has 0 heterocycles. The van der Waals surface area contributed by atoms with Crippen molar-refractivity contribution in [1.82, 2.24) is 0 Å². The maximum absolute atomic E-state index is 5.15. The highest BCUT2D eigenvalue weighted by molar-refractivity contribution is 5.85. The fourth-order valence-corrected chi connectivity index (χ4v) is 1.10. The van der Waals surface area contributed by atoms with E-state index in [2.05, 4.69) is 12.7 Å². The van der Waals surface area contributed by atoms with Gasteiger partial charge in [-0.3, -0.25) is 0 Å². The van der Waals surface area contributed by atoms with Crippen LogP contribution in [-0.2, 0) is 6.42 Å². The van der Waals surface area contributed by atoms with Gasteiger partial charge in [0.1, 0.15) is 0 Å². The van der Waals surface area contributed by atoms with Crippen LogP contribution in [0.15, 0.2) is 18.2 Å². The van der Waals surface area contributed by atoms with Crippen molar-refractivity contribution in [2.45, 2.75) is 13.3 Å². The van der Waals surface area contributed by atoms with Crippen molar-refractivity contribution in [2.75, 3.05) is 21.3 Å². The van der Waals surface area contributed by atoms with E-state index in [1.165, 1.54) is 12.6 Å². The van der Waals surface area contributed by atoms with Crippen molar-refractivity contribution in [1.29, 1.82) is 0 Å². The number of hydrogen-bond donors (Lipinski definition) is 1. The van der Waals surface area contributed by atoms with Gasteiger partial charge in [-0.05, 0) is 31.2 Å². The molecule has 2 N–H and O–H groups in total. The van der Waals surface area contributed by atoms with Gasteiger partial charge in [0, 0.05) is 0 Å². The first-order valence-electron chi connectivity index (χ1n) is 4.60. The SMILES string of the molecule is CCc1ccc(OC)c(OC)c1.CN.Cl. The summed E-state index contributed by atoms with van der Waals surface area (Å²) < 4.78 is 10.3. The molecule has 0 spiro atoms. The number of methoxy groups -OCH3 is 2. The maximum atomic E-state index is 5.15. The van der Waals surface area contributed by atoms with Crippen molar-refractivity contribution >= 4 is 12.4 Å². The number of ether oxygens (including phenoxy) is 2. The topological polar surface area (TPSA) is 44.5 Å². The Morgan fingerprint density at radius 1 is 1.07 bits per heavy atom. The summed E-state index contributed by atoms with van der Waals surface area (Å²) in [4.78, 5) is 0. The lowest BCUT2D eigenvalue weighted by atomic mass is 10.1. The van der Waals surface area contributed by atoms with Gasteiger partial charge in [0.25, 0.3) is 0 Å². The fourth-order valence-electron chi connectivity index (χ4n) is 1.10. The van der Waals surface area contributed by atoms with Crippen LogP contribution in [0.4, 0.5) is 0 Å². The van der Waals surface area contributed by atoms with Crippen LogP contribution in [0.5, 0.6) is 11.5 Å². The molecule has 15 heavy (non-hydrogen) atoms. The average molecular weight is 234 g/mol. The van der Waals surface area contributed by atoms with E-state index in [0.29, 0.717) is 0 Å². The van der Waals surface area contributed by atoms with Crippen LogP contribution >= 0.6 is 12.4 Å². The van der Waals surface area contributed by atoms with Crippen LogP contribution in [0.3, 0.4) is 0 Å². The highest BCUT2D eigenvalue weighted by Gasteiger charge is 2.02. The molecule has 0 aliphatic carbocycles. The zero-order valence-corrected chi connectivity index (χ0v) is 10.6. The van der Waals surface area contributed by atoms with Crippen LogP contribution in [0.1, 0.15) is 12.5 Å². The minimum atomic E-state index is 0. The lowest BCUT2D eigenvalue weighted by Crippen LogP contribution is -1.91. The number of halogens is 1. The smallest absolute Gasteiger partial charge is 0.160 e. The predicted molar refractivity (Wildman–Crippen MR) is 66.3 cm³/mol. The van der Waals surface area contributed by atoms with Crippen molar-refractivity contribution in [3.63, 3.8) is 0 Å². The fraction of sp³-hybridized carbons (Fsp3) is 0.455. The minimum Gasteiger partial charge on any atom is -0.493 e. The monoisotopic (exact) mass is 233 g/mol. The van der Waals surface area contributed by atoms with E-state index in [9.17, 15) is 0 Å². The highest BCUT2D eigenvalue weighted by atomic mass is 35.5. The van der Waals surface area contributed by atoms with Crippen molar-refractivity contribution < 1.29 is 9.47 Å². The summed E-state index contributed by atoms with van der Waals surface area (Å²) in [6.45, 7) is 2.11. The van der Waals surface area contributed by atoms with Gasteiger partial charge in [-0.25, -0.2) is 0 Å². The zero-order chi connectivity index (χ0) is 11.0. The van der Waals surface area contributed by atoms with Gasteiger partial charge in [-0.1, -0.05) is 13.0 Å². The minimum absolute atomic E-state index is 0. The third kappa shape index (κ3) is 4.91. The molecule has 0 aromatic heterocycles. The quantitative estimate of drug-likeness (QED) is 0.871. The third-order valence-corrected chi connectivity index (χ3v) is 1.86. The van der Waals surface area contributed by atoms with Crippen LogP contribution < -0.4 is 15.2 Å². The summed E-state index contributed by atoms with van der Waals surface area (Å²) >= 11 is 0. The average Bonchev–Trinajstić information content (AvgIpc) is 2.30. The van der Waals surface area contributed by atoms with E-state index >= 15 is 0 Å².